The summed E-state index contributed by atoms with van der Waals surface area (Å²) in [6.45, 7) is 3.44. The van der Waals surface area contributed by atoms with Gasteiger partial charge in [-0.3, -0.25) is 4.79 Å². The number of benzene rings is 2. The summed E-state index contributed by atoms with van der Waals surface area (Å²) in [5.74, 6) is -1.88. The van der Waals surface area contributed by atoms with Gasteiger partial charge in [0, 0.05) is 22.6 Å². The van der Waals surface area contributed by atoms with Crippen molar-refractivity contribution in [3.63, 3.8) is 0 Å². The van der Waals surface area contributed by atoms with Crippen LogP contribution in [0.4, 0.5) is 16.2 Å². The van der Waals surface area contributed by atoms with E-state index in [1.807, 2.05) is 0 Å². The standard InChI is InChI=1S/C22H21ClN4O4S/c1-12(2)18(21(29)30)27-19(28)20-24-11-17(32-20)13-6-8-15(9-7-13)25-22(31)26-16-5-3-4-14(23)10-16/h3-12,18H,1-2H3,(H,27,28)(H,29,30)(H2,25,26,31). The van der Waals surface area contributed by atoms with Crippen LogP contribution in [-0.2, 0) is 4.79 Å². The van der Waals surface area contributed by atoms with Crippen LogP contribution < -0.4 is 16.0 Å². The number of hydrogen-bond donors (Lipinski definition) is 4. The Balaban J connectivity index is 1.62. The maximum Gasteiger partial charge on any atom is 0.326 e. The highest BCUT2D eigenvalue weighted by Crippen LogP contribution is 2.27. The van der Waals surface area contributed by atoms with Gasteiger partial charge in [-0.15, -0.1) is 11.3 Å². The van der Waals surface area contributed by atoms with Crippen molar-refractivity contribution in [2.45, 2.75) is 19.9 Å². The Kier molecular flexibility index (Phi) is 7.45. The highest BCUT2D eigenvalue weighted by molar-refractivity contribution is 7.17. The first-order chi connectivity index (χ1) is 15.2. The molecule has 0 saturated heterocycles. The predicted octanol–water partition coefficient (Wildman–Crippen LogP) is 4.95. The lowest BCUT2D eigenvalue weighted by Gasteiger charge is -2.16. The lowest BCUT2D eigenvalue weighted by atomic mass is 10.1. The maximum absolute atomic E-state index is 12.4. The molecule has 4 N–H and O–H groups in total. The summed E-state index contributed by atoms with van der Waals surface area (Å²) in [5, 5.41) is 17.9. The van der Waals surface area contributed by atoms with Gasteiger partial charge < -0.3 is 21.1 Å². The minimum Gasteiger partial charge on any atom is -0.480 e. The summed E-state index contributed by atoms with van der Waals surface area (Å²) in [6, 6.07) is 12.5. The molecule has 0 saturated carbocycles. The number of aromatic nitrogens is 1. The molecule has 0 bridgehead atoms. The first-order valence-electron chi connectivity index (χ1n) is 9.66. The molecule has 0 fully saturated rings. The number of carboxylic acids is 1. The zero-order chi connectivity index (χ0) is 23.3. The SMILES string of the molecule is CC(C)C(NC(=O)c1ncc(-c2ccc(NC(=O)Nc3cccc(Cl)c3)cc2)s1)C(=O)O. The van der Waals surface area contributed by atoms with E-state index in [1.165, 1.54) is 0 Å². The number of urea groups is 1. The molecule has 3 amide bonds. The number of carboxylic acid groups (broad SMARTS) is 1. The summed E-state index contributed by atoms with van der Waals surface area (Å²) >= 11 is 7.06. The average molecular weight is 473 g/mol. The van der Waals surface area contributed by atoms with E-state index in [0.29, 0.717) is 16.4 Å². The van der Waals surface area contributed by atoms with Crippen LogP contribution >= 0.6 is 22.9 Å². The molecular formula is C22H21ClN4O4S. The van der Waals surface area contributed by atoms with E-state index in [9.17, 15) is 19.5 Å². The van der Waals surface area contributed by atoms with Gasteiger partial charge in [-0.25, -0.2) is 14.6 Å². The molecule has 0 aliphatic heterocycles. The molecule has 1 heterocycles. The number of amides is 3. The highest BCUT2D eigenvalue weighted by atomic mass is 35.5. The molecule has 2 aromatic carbocycles. The first-order valence-corrected chi connectivity index (χ1v) is 10.9. The molecule has 3 rings (SSSR count). The van der Waals surface area contributed by atoms with Gasteiger partial charge in [0.05, 0.1) is 4.88 Å². The van der Waals surface area contributed by atoms with E-state index in [1.54, 1.807) is 68.6 Å². The molecule has 0 spiro atoms. The Morgan fingerprint density at radius 1 is 1.03 bits per heavy atom. The summed E-state index contributed by atoms with van der Waals surface area (Å²) < 4.78 is 0. The van der Waals surface area contributed by atoms with Crippen LogP contribution in [-0.4, -0.2) is 34.0 Å². The molecule has 0 aliphatic carbocycles. The number of nitrogens with one attached hydrogen (secondary N) is 3. The Morgan fingerprint density at radius 3 is 2.34 bits per heavy atom. The second-order valence-corrected chi connectivity index (χ2v) is 8.70. The van der Waals surface area contributed by atoms with Gasteiger partial charge in [0.2, 0.25) is 0 Å². The zero-order valence-electron chi connectivity index (χ0n) is 17.3. The predicted molar refractivity (Wildman–Crippen MR) is 125 cm³/mol. The quantitative estimate of drug-likeness (QED) is 0.388. The van der Waals surface area contributed by atoms with Gasteiger partial charge in [-0.1, -0.05) is 43.6 Å². The fourth-order valence-electron chi connectivity index (χ4n) is 2.81. The van der Waals surface area contributed by atoms with Gasteiger partial charge in [0.15, 0.2) is 5.01 Å². The molecular weight excluding hydrogens is 452 g/mol. The van der Waals surface area contributed by atoms with Crippen LogP contribution in [0.1, 0.15) is 23.6 Å². The third kappa shape index (κ3) is 6.05. The van der Waals surface area contributed by atoms with Crippen molar-refractivity contribution in [2.24, 2.45) is 5.92 Å². The van der Waals surface area contributed by atoms with Crippen molar-refractivity contribution in [2.75, 3.05) is 10.6 Å². The Morgan fingerprint density at radius 2 is 1.72 bits per heavy atom. The largest absolute Gasteiger partial charge is 0.480 e. The number of aliphatic carboxylic acids is 1. The van der Waals surface area contributed by atoms with Crippen molar-refractivity contribution in [1.29, 1.82) is 0 Å². The fourth-order valence-corrected chi connectivity index (χ4v) is 3.82. The number of carbonyl (C=O) groups is 3. The van der Waals surface area contributed by atoms with Crippen LogP contribution in [0.25, 0.3) is 10.4 Å². The van der Waals surface area contributed by atoms with Crippen molar-refractivity contribution >= 4 is 52.2 Å². The van der Waals surface area contributed by atoms with Crippen molar-refractivity contribution in [3.8, 4) is 10.4 Å². The smallest absolute Gasteiger partial charge is 0.326 e. The molecule has 8 nitrogen and oxygen atoms in total. The molecule has 3 aromatic rings. The molecule has 32 heavy (non-hydrogen) atoms. The summed E-state index contributed by atoms with van der Waals surface area (Å²) in [5.41, 5.74) is 1.96. The Labute approximate surface area is 193 Å². The number of halogens is 1. The second kappa shape index (κ2) is 10.3. The van der Waals surface area contributed by atoms with E-state index in [4.69, 9.17) is 11.6 Å². The number of nitrogens with zero attached hydrogens (tertiary/aromatic N) is 1. The summed E-state index contributed by atoms with van der Waals surface area (Å²) in [6.07, 6.45) is 1.55. The fraction of sp³-hybridized carbons (Fsp3) is 0.182. The van der Waals surface area contributed by atoms with Crippen LogP contribution in [0, 0.1) is 5.92 Å². The molecule has 0 radical (unpaired) electrons. The Hall–Kier alpha value is -3.43. The lowest BCUT2D eigenvalue weighted by Crippen LogP contribution is -2.44. The van der Waals surface area contributed by atoms with Crippen LogP contribution in [0.5, 0.6) is 0 Å². The molecule has 166 valence electrons. The molecule has 0 aliphatic rings. The third-order valence-electron chi connectivity index (χ3n) is 4.43. The number of anilines is 2. The number of rotatable bonds is 7. The van der Waals surface area contributed by atoms with Crippen molar-refractivity contribution < 1.29 is 19.5 Å². The number of thiazole rings is 1. The maximum atomic E-state index is 12.4. The van der Waals surface area contributed by atoms with Crippen molar-refractivity contribution in [3.05, 3.63) is 64.8 Å². The number of carbonyl (C=O) groups excluding carboxylic acids is 2. The van der Waals surface area contributed by atoms with Gasteiger partial charge in [0.1, 0.15) is 6.04 Å². The van der Waals surface area contributed by atoms with E-state index >= 15 is 0 Å². The third-order valence-corrected chi connectivity index (χ3v) is 5.71. The number of hydrogen-bond acceptors (Lipinski definition) is 5. The topological polar surface area (TPSA) is 120 Å². The molecule has 1 atom stereocenters. The highest BCUT2D eigenvalue weighted by Gasteiger charge is 2.25. The lowest BCUT2D eigenvalue weighted by molar-refractivity contribution is -0.140. The molecule has 1 aromatic heterocycles. The van der Waals surface area contributed by atoms with Crippen LogP contribution in [0.3, 0.4) is 0 Å². The zero-order valence-corrected chi connectivity index (χ0v) is 18.8. The van der Waals surface area contributed by atoms with Gasteiger partial charge in [-0.2, -0.15) is 0 Å². The van der Waals surface area contributed by atoms with E-state index in [-0.39, 0.29) is 10.9 Å². The average Bonchev–Trinajstić information content (AvgIpc) is 3.22. The summed E-state index contributed by atoms with van der Waals surface area (Å²) in [4.78, 5) is 40.7. The van der Waals surface area contributed by atoms with E-state index in [2.05, 4.69) is 20.9 Å². The minimum absolute atomic E-state index is 0.176. The normalized spacial score (nSPS) is 11.6. The Bertz CT molecular complexity index is 1130. The van der Waals surface area contributed by atoms with Gasteiger partial charge in [-0.05, 0) is 41.8 Å². The van der Waals surface area contributed by atoms with E-state index < -0.39 is 23.9 Å². The molecule has 1 unspecified atom stereocenters. The van der Waals surface area contributed by atoms with Gasteiger partial charge in [0.25, 0.3) is 5.91 Å². The second-order valence-electron chi connectivity index (χ2n) is 7.23. The monoisotopic (exact) mass is 472 g/mol. The van der Waals surface area contributed by atoms with Gasteiger partial charge >= 0.3 is 12.0 Å². The van der Waals surface area contributed by atoms with Crippen LogP contribution in [0.2, 0.25) is 5.02 Å². The molecule has 10 heteroatoms. The van der Waals surface area contributed by atoms with Crippen LogP contribution in [0.15, 0.2) is 54.7 Å². The van der Waals surface area contributed by atoms with E-state index in [0.717, 1.165) is 21.8 Å². The summed E-state index contributed by atoms with van der Waals surface area (Å²) in [7, 11) is 0. The first kappa shape index (κ1) is 23.2. The minimum atomic E-state index is -1.09. The van der Waals surface area contributed by atoms with Crippen molar-refractivity contribution in [1.82, 2.24) is 10.3 Å².